The lowest BCUT2D eigenvalue weighted by Gasteiger charge is -2.14. The molecule has 0 atom stereocenters. The van der Waals surface area contributed by atoms with Gasteiger partial charge in [0.25, 0.3) is 11.8 Å². The lowest BCUT2D eigenvalue weighted by atomic mass is 10.1. The number of hydrogen-bond donors (Lipinski definition) is 2. The summed E-state index contributed by atoms with van der Waals surface area (Å²) in [6.07, 6.45) is 1.55. The van der Waals surface area contributed by atoms with Gasteiger partial charge in [-0.25, -0.2) is 9.18 Å². The van der Waals surface area contributed by atoms with Crippen molar-refractivity contribution >= 4 is 45.5 Å². The Balaban J connectivity index is 1.48. The van der Waals surface area contributed by atoms with Crippen LogP contribution in [0.1, 0.15) is 23.6 Å². The van der Waals surface area contributed by atoms with Crippen LogP contribution in [0.3, 0.4) is 0 Å². The van der Waals surface area contributed by atoms with Crippen molar-refractivity contribution in [1.29, 1.82) is 0 Å². The average Bonchev–Trinajstić information content (AvgIpc) is 3.15. The first kappa shape index (κ1) is 26.9. The van der Waals surface area contributed by atoms with Crippen molar-refractivity contribution in [3.05, 3.63) is 93.3 Å². The van der Waals surface area contributed by atoms with Crippen LogP contribution in [0.2, 0.25) is 0 Å². The quantitative estimate of drug-likeness (QED) is 0.260. The minimum absolute atomic E-state index is 0.123. The fourth-order valence-electron chi connectivity index (χ4n) is 3.66. The predicted molar refractivity (Wildman–Crippen MR) is 144 cm³/mol. The van der Waals surface area contributed by atoms with E-state index in [4.69, 9.17) is 9.47 Å². The largest absolute Gasteiger partial charge is 0.490 e. The molecule has 0 unspecified atom stereocenters. The van der Waals surface area contributed by atoms with Gasteiger partial charge in [0, 0.05) is 10.2 Å². The number of aryl methyl sites for hydroxylation is 1. The third kappa shape index (κ3) is 6.57. The highest BCUT2D eigenvalue weighted by Crippen LogP contribution is 2.35. The van der Waals surface area contributed by atoms with Crippen LogP contribution in [0.4, 0.5) is 14.9 Å². The Morgan fingerprint density at radius 2 is 1.74 bits per heavy atom. The van der Waals surface area contributed by atoms with Crippen LogP contribution in [0, 0.1) is 12.7 Å². The number of urea groups is 1. The highest BCUT2D eigenvalue weighted by Gasteiger charge is 2.33. The van der Waals surface area contributed by atoms with E-state index in [1.165, 1.54) is 24.3 Å². The Hall–Kier alpha value is -4.18. The Bertz CT molecular complexity index is 1390. The van der Waals surface area contributed by atoms with Crippen molar-refractivity contribution in [2.45, 2.75) is 20.4 Å². The summed E-state index contributed by atoms with van der Waals surface area (Å²) >= 11 is 3.46. The third-order valence-electron chi connectivity index (χ3n) is 5.57. The van der Waals surface area contributed by atoms with Gasteiger partial charge < -0.3 is 20.1 Å². The SMILES string of the molecule is CCOc1cc(/C=C2/NC(=O)N(Cc3ccc(C)cc3)C2=O)c(Br)cc1OCC(=O)Nc1ccc(F)cc1. The zero-order valence-electron chi connectivity index (χ0n) is 20.7. The number of nitrogens with zero attached hydrogens (tertiary/aromatic N) is 1. The summed E-state index contributed by atoms with van der Waals surface area (Å²) in [7, 11) is 0. The standard InChI is InChI=1S/C28H25BrFN3O5/c1-3-37-24-13-19(12-23-27(35)33(28(36)32-23)15-18-6-4-17(2)5-7-18)22(29)14-25(24)38-16-26(34)31-21-10-8-20(30)9-11-21/h4-14H,3,15-16H2,1-2H3,(H,31,34)(H,32,36)/b23-12+. The monoisotopic (exact) mass is 581 g/mol. The summed E-state index contributed by atoms with van der Waals surface area (Å²) in [5.74, 6) is -0.630. The second kappa shape index (κ2) is 11.9. The summed E-state index contributed by atoms with van der Waals surface area (Å²) in [4.78, 5) is 38.9. The fourth-order valence-corrected chi connectivity index (χ4v) is 4.10. The zero-order valence-corrected chi connectivity index (χ0v) is 22.3. The van der Waals surface area contributed by atoms with Crippen molar-refractivity contribution in [1.82, 2.24) is 10.2 Å². The number of hydrogen-bond acceptors (Lipinski definition) is 5. The summed E-state index contributed by atoms with van der Waals surface area (Å²) in [6.45, 7) is 3.93. The molecule has 0 aliphatic carbocycles. The fraction of sp³-hybridized carbons (Fsp3) is 0.179. The number of amides is 4. The molecule has 0 radical (unpaired) electrons. The van der Waals surface area contributed by atoms with Crippen LogP contribution in [-0.4, -0.2) is 36.0 Å². The lowest BCUT2D eigenvalue weighted by molar-refractivity contribution is -0.123. The average molecular weight is 582 g/mol. The Labute approximate surface area is 227 Å². The van der Waals surface area contributed by atoms with E-state index in [-0.39, 0.29) is 18.8 Å². The molecule has 3 aromatic carbocycles. The topological polar surface area (TPSA) is 97.0 Å². The molecule has 1 aliphatic heterocycles. The molecule has 2 N–H and O–H groups in total. The zero-order chi connectivity index (χ0) is 27.2. The van der Waals surface area contributed by atoms with Gasteiger partial charge >= 0.3 is 6.03 Å². The first-order valence-electron chi connectivity index (χ1n) is 11.8. The van der Waals surface area contributed by atoms with Gasteiger partial charge in [0.05, 0.1) is 13.2 Å². The first-order valence-corrected chi connectivity index (χ1v) is 12.6. The van der Waals surface area contributed by atoms with Gasteiger partial charge in [-0.1, -0.05) is 45.8 Å². The molecule has 4 rings (SSSR count). The first-order chi connectivity index (χ1) is 18.2. The minimum Gasteiger partial charge on any atom is -0.490 e. The highest BCUT2D eigenvalue weighted by molar-refractivity contribution is 9.10. The van der Waals surface area contributed by atoms with Gasteiger partial charge in [0.15, 0.2) is 18.1 Å². The van der Waals surface area contributed by atoms with Gasteiger partial charge in [0.1, 0.15) is 11.5 Å². The molecule has 0 saturated carbocycles. The molecule has 8 nitrogen and oxygen atoms in total. The van der Waals surface area contributed by atoms with Crippen LogP contribution in [-0.2, 0) is 16.1 Å². The van der Waals surface area contributed by atoms with E-state index in [0.29, 0.717) is 33.8 Å². The Morgan fingerprint density at radius 3 is 2.42 bits per heavy atom. The molecule has 38 heavy (non-hydrogen) atoms. The molecule has 196 valence electrons. The second-order valence-corrected chi connectivity index (χ2v) is 9.32. The van der Waals surface area contributed by atoms with Crippen LogP contribution >= 0.6 is 15.9 Å². The summed E-state index contributed by atoms with van der Waals surface area (Å²) in [5.41, 5.74) is 3.05. The van der Waals surface area contributed by atoms with Crippen LogP contribution in [0.15, 0.2) is 70.8 Å². The van der Waals surface area contributed by atoms with Crippen LogP contribution < -0.4 is 20.1 Å². The number of halogens is 2. The summed E-state index contributed by atoms with van der Waals surface area (Å²) < 4.78 is 25.0. The molecule has 1 aliphatic rings. The number of ether oxygens (including phenoxy) is 2. The molecule has 1 saturated heterocycles. The Morgan fingerprint density at radius 1 is 1.05 bits per heavy atom. The van der Waals surface area contributed by atoms with Crippen molar-refractivity contribution in [3.63, 3.8) is 0 Å². The van der Waals surface area contributed by atoms with Crippen LogP contribution in [0.25, 0.3) is 6.08 Å². The molecule has 0 aromatic heterocycles. The molecule has 1 heterocycles. The Kier molecular flexibility index (Phi) is 8.42. The van der Waals surface area contributed by atoms with E-state index in [1.54, 1.807) is 25.1 Å². The molecular weight excluding hydrogens is 557 g/mol. The van der Waals surface area contributed by atoms with Crippen LogP contribution in [0.5, 0.6) is 11.5 Å². The number of rotatable bonds is 9. The molecule has 1 fully saturated rings. The van der Waals surface area contributed by atoms with E-state index in [1.807, 2.05) is 31.2 Å². The molecule has 0 bridgehead atoms. The van der Waals surface area contributed by atoms with Crippen molar-refractivity contribution < 1.29 is 28.2 Å². The van der Waals surface area contributed by atoms with Gasteiger partial charge in [-0.2, -0.15) is 0 Å². The maximum Gasteiger partial charge on any atom is 0.329 e. The minimum atomic E-state index is -0.505. The van der Waals surface area contributed by atoms with Gasteiger partial charge in [-0.05, 0) is 67.4 Å². The number of imide groups is 1. The second-order valence-electron chi connectivity index (χ2n) is 8.46. The molecule has 0 spiro atoms. The van der Waals surface area contributed by atoms with Gasteiger partial charge in [0.2, 0.25) is 0 Å². The summed E-state index contributed by atoms with van der Waals surface area (Å²) in [6, 6.07) is 15.7. The molecule has 10 heteroatoms. The van der Waals surface area contributed by atoms with Crippen molar-refractivity contribution in [2.24, 2.45) is 0 Å². The van der Waals surface area contributed by atoms with E-state index >= 15 is 0 Å². The van der Waals surface area contributed by atoms with Crippen molar-refractivity contribution in [2.75, 3.05) is 18.5 Å². The number of carbonyl (C=O) groups is 3. The normalized spacial score (nSPS) is 14.0. The maximum atomic E-state index is 13.1. The molecule has 4 amide bonds. The predicted octanol–water partition coefficient (Wildman–Crippen LogP) is 5.41. The molecule has 3 aromatic rings. The number of anilines is 1. The van der Waals surface area contributed by atoms with E-state index in [2.05, 4.69) is 26.6 Å². The van der Waals surface area contributed by atoms with E-state index in [0.717, 1.165) is 16.0 Å². The highest BCUT2D eigenvalue weighted by atomic mass is 79.9. The van der Waals surface area contributed by atoms with Gasteiger partial charge in [-0.3, -0.25) is 14.5 Å². The maximum absolute atomic E-state index is 13.1. The summed E-state index contributed by atoms with van der Waals surface area (Å²) in [5, 5.41) is 5.25. The third-order valence-corrected chi connectivity index (χ3v) is 6.26. The van der Waals surface area contributed by atoms with Gasteiger partial charge in [-0.15, -0.1) is 0 Å². The lowest BCUT2D eigenvalue weighted by Crippen LogP contribution is -2.30. The van der Waals surface area contributed by atoms with E-state index in [9.17, 15) is 18.8 Å². The molecular formula is C28H25BrFN3O5. The van der Waals surface area contributed by atoms with Crippen molar-refractivity contribution in [3.8, 4) is 11.5 Å². The number of benzene rings is 3. The number of nitrogens with one attached hydrogen (secondary N) is 2. The smallest absolute Gasteiger partial charge is 0.329 e. The number of carbonyl (C=O) groups excluding carboxylic acids is 3. The van der Waals surface area contributed by atoms with E-state index < -0.39 is 23.7 Å².